The Hall–Kier alpha value is -6.08. The van der Waals surface area contributed by atoms with Crippen LogP contribution >= 0.6 is 0 Å². The van der Waals surface area contributed by atoms with E-state index in [1.165, 1.54) is 7.05 Å². The van der Waals surface area contributed by atoms with Crippen LogP contribution in [0.1, 0.15) is 51.0 Å². The van der Waals surface area contributed by atoms with E-state index < -0.39 is 116 Å². The summed E-state index contributed by atoms with van der Waals surface area (Å²) in [6.07, 6.45) is 0.0397. The summed E-state index contributed by atoms with van der Waals surface area (Å²) in [5.74, 6) is -8.91. The molecule has 3 atom stereocenters. The lowest BCUT2D eigenvalue weighted by molar-refractivity contribution is -0.140. The fourth-order valence-corrected chi connectivity index (χ4v) is 4.38. The minimum absolute atomic E-state index is 0.00519. The van der Waals surface area contributed by atoms with Gasteiger partial charge in [-0.05, 0) is 18.4 Å². The SMILES string of the molecule is CCCCC(=O)N[C@@H](CCC(=O)O)C(=O)NCC(=O)NCC(=O)NCC(=O)N(C)C(Cc1ccccc1)C(=O)NCC(=O)N[C@@H](CC(=O)O)C(N)=O. The van der Waals surface area contributed by atoms with Gasteiger partial charge in [0.05, 0.1) is 32.6 Å². The van der Waals surface area contributed by atoms with E-state index in [4.69, 9.17) is 15.9 Å². The molecule has 20 heteroatoms. The molecule has 0 saturated carbocycles. The number of hydrogen-bond acceptors (Lipinski definition) is 10. The first-order valence-electron chi connectivity index (χ1n) is 16.2. The van der Waals surface area contributed by atoms with Gasteiger partial charge < -0.3 is 52.7 Å². The Labute approximate surface area is 299 Å². The zero-order valence-electron chi connectivity index (χ0n) is 28.9. The Kier molecular flexibility index (Phi) is 19.7. The number of rotatable bonds is 24. The molecule has 0 spiro atoms. The highest BCUT2D eigenvalue weighted by molar-refractivity contribution is 5.95. The van der Waals surface area contributed by atoms with Crippen LogP contribution in [-0.4, -0.2) is 126 Å². The van der Waals surface area contributed by atoms with Gasteiger partial charge in [0.2, 0.25) is 47.3 Å². The topological polar surface area (TPSA) is 313 Å². The molecule has 52 heavy (non-hydrogen) atoms. The molecular formula is C32H46N8O12. The average molecular weight is 735 g/mol. The van der Waals surface area contributed by atoms with E-state index in [0.29, 0.717) is 12.0 Å². The van der Waals surface area contributed by atoms with E-state index in [9.17, 15) is 47.9 Å². The predicted molar refractivity (Wildman–Crippen MR) is 180 cm³/mol. The van der Waals surface area contributed by atoms with Crippen molar-refractivity contribution in [2.75, 3.05) is 33.2 Å². The van der Waals surface area contributed by atoms with E-state index in [2.05, 4.69) is 31.9 Å². The lowest BCUT2D eigenvalue weighted by atomic mass is 10.0. The maximum Gasteiger partial charge on any atom is 0.305 e. The van der Waals surface area contributed by atoms with Crippen LogP contribution in [0, 0.1) is 0 Å². The lowest BCUT2D eigenvalue weighted by Gasteiger charge is -2.28. The van der Waals surface area contributed by atoms with E-state index in [0.717, 1.165) is 11.3 Å². The molecule has 20 nitrogen and oxygen atoms in total. The molecule has 0 aliphatic carbocycles. The van der Waals surface area contributed by atoms with Crippen LogP contribution in [0.2, 0.25) is 0 Å². The van der Waals surface area contributed by atoms with E-state index in [-0.39, 0.29) is 19.3 Å². The zero-order valence-corrected chi connectivity index (χ0v) is 28.9. The summed E-state index contributed by atoms with van der Waals surface area (Å²) in [4.78, 5) is 122. The highest BCUT2D eigenvalue weighted by atomic mass is 16.4. The van der Waals surface area contributed by atoms with Crippen LogP contribution in [0.4, 0.5) is 0 Å². The first-order chi connectivity index (χ1) is 24.5. The maximum atomic E-state index is 13.1. The number of carboxylic acids is 2. The average Bonchev–Trinajstić information content (AvgIpc) is 3.10. The van der Waals surface area contributed by atoms with E-state index in [1.54, 1.807) is 30.3 Å². The molecule has 0 aromatic heterocycles. The van der Waals surface area contributed by atoms with Gasteiger partial charge in [-0.15, -0.1) is 0 Å². The molecule has 286 valence electrons. The number of unbranched alkanes of at least 4 members (excludes halogenated alkanes) is 1. The second-order valence-electron chi connectivity index (χ2n) is 11.5. The molecule has 0 heterocycles. The molecule has 1 unspecified atom stereocenters. The quantitative estimate of drug-likeness (QED) is 0.0500. The van der Waals surface area contributed by atoms with Crippen molar-refractivity contribution in [3.63, 3.8) is 0 Å². The first-order valence-corrected chi connectivity index (χ1v) is 16.2. The third kappa shape index (κ3) is 18.1. The van der Waals surface area contributed by atoms with Crippen molar-refractivity contribution in [3.8, 4) is 0 Å². The van der Waals surface area contributed by atoms with Gasteiger partial charge in [-0.1, -0.05) is 43.7 Å². The third-order valence-electron chi connectivity index (χ3n) is 7.28. The van der Waals surface area contributed by atoms with E-state index in [1.807, 2.05) is 6.92 Å². The van der Waals surface area contributed by atoms with Crippen molar-refractivity contribution in [2.24, 2.45) is 5.73 Å². The Balaban J connectivity index is 2.72. The Morgan fingerprint density at radius 3 is 1.83 bits per heavy atom. The summed E-state index contributed by atoms with van der Waals surface area (Å²) < 4.78 is 0. The summed E-state index contributed by atoms with van der Waals surface area (Å²) in [5, 5.41) is 31.6. The molecule has 1 aromatic rings. The number of nitrogens with zero attached hydrogens (tertiary/aromatic N) is 1. The second kappa shape index (κ2) is 23.3. The molecule has 0 saturated heterocycles. The molecule has 1 rings (SSSR count). The lowest BCUT2D eigenvalue weighted by Crippen LogP contribution is -2.54. The van der Waals surface area contributed by atoms with Crippen molar-refractivity contribution < 1.29 is 58.2 Å². The van der Waals surface area contributed by atoms with Crippen LogP contribution in [0.3, 0.4) is 0 Å². The molecule has 0 aliphatic heterocycles. The number of amides is 8. The second-order valence-corrected chi connectivity index (χ2v) is 11.5. The van der Waals surface area contributed by atoms with Gasteiger partial charge in [0, 0.05) is 26.3 Å². The summed E-state index contributed by atoms with van der Waals surface area (Å²) in [7, 11) is 1.29. The normalized spacial score (nSPS) is 12.1. The smallest absolute Gasteiger partial charge is 0.305 e. The molecule has 0 bridgehead atoms. The molecular weight excluding hydrogens is 688 g/mol. The number of nitrogens with two attached hydrogens (primary N) is 1. The number of carboxylic acid groups (broad SMARTS) is 2. The van der Waals surface area contributed by atoms with Crippen LogP contribution < -0.4 is 37.6 Å². The first kappa shape index (κ1) is 43.9. The Morgan fingerprint density at radius 1 is 0.692 bits per heavy atom. The third-order valence-corrected chi connectivity index (χ3v) is 7.28. The zero-order chi connectivity index (χ0) is 39.2. The van der Waals surface area contributed by atoms with Crippen LogP contribution in [0.5, 0.6) is 0 Å². The minimum atomic E-state index is -1.52. The molecule has 10 N–H and O–H groups in total. The largest absolute Gasteiger partial charge is 0.481 e. The number of aliphatic carboxylic acids is 2. The number of carbonyl (C=O) groups is 10. The van der Waals surface area contributed by atoms with Gasteiger partial charge >= 0.3 is 11.9 Å². The van der Waals surface area contributed by atoms with Crippen molar-refractivity contribution in [2.45, 2.75) is 70.0 Å². The predicted octanol–water partition coefficient (Wildman–Crippen LogP) is -3.49. The maximum absolute atomic E-state index is 13.1. The number of primary amides is 1. The van der Waals surface area contributed by atoms with Gasteiger partial charge in [-0.3, -0.25) is 47.9 Å². The number of carbonyl (C=O) groups excluding carboxylic acids is 8. The highest BCUT2D eigenvalue weighted by Crippen LogP contribution is 2.09. The monoisotopic (exact) mass is 734 g/mol. The van der Waals surface area contributed by atoms with Crippen LogP contribution in [0.25, 0.3) is 0 Å². The minimum Gasteiger partial charge on any atom is -0.481 e. The molecule has 0 radical (unpaired) electrons. The van der Waals surface area contributed by atoms with Crippen molar-refractivity contribution in [1.29, 1.82) is 0 Å². The van der Waals surface area contributed by atoms with Gasteiger partial charge in [0.25, 0.3) is 0 Å². The molecule has 1 aromatic carbocycles. The van der Waals surface area contributed by atoms with Gasteiger partial charge in [-0.25, -0.2) is 0 Å². The summed E-state index contributed by atoms with van der Waals surface area (Å²) in [6.45, 7) is -0.602. The number of benzene rings is 1. The fourth-order valence-electron chi connectivity index (χ4n) is 4.38. The van der Waals surface area contributed by atoms with Crippen molar-refractivity contribution in [3.05, 3.63) is 35.9 Å². The molecule has 0 fully saturated rings. The number of likely N-dealkylation sites (N-methyl/N-ethyl adjacent to an activating group) is 1. The Morgan fingerprint density at radius 2 is 1.25 bits per heavy atom. The molecule has 0 aliphatic rings. The van der Waals surface area contributed by atoms with Crippen molar-refractivity contribution >= 4 is 59.2 Å². The van der Waals surface area contributed by atoms with E-state index >= 15 is 0 Å². The summed E-state index contributed by atoms with van der Waals surface area (Å²) in [6, 6.07) is 4.64. The van der Waals surface area contributed by atoms with Gasteiger partial charge in [0.15, 0.2) is 0 Å². The summed E-state index contributed by atoms with van der Waals surface area (Å²) in [5.41, 5.74) is 5.76. The molecule has 8 amide bonds. The van der Waals surface area contributed by atoms with Gasteiger partial charge in [-0.2, -0.15) is 0 Å². The number of hydrogen-bond donors (Lipinski definition) is 9. The van der Waals surface area contributed by atoms with Crippen LogP contribution in [0.15, 0.2) is 30.3 Å². The Bertz CT molecular complexity index is 1460. The van der Waals surface area contributed by atoms with Gasteiger partial charge in [0.1, 0.15) is 18.1 Å². The standard InChI is InChI=1S/C32H46N8O12/c1-3-4-10-23(41)38-20(11-12-28(46)47)31(51)36-16-25(43)34-15-24(42)35-18-27(45)40(2)22(13-19-8-6-5-7-9-19)32(52)37-17-26(44)39-21(30(33)50)14-29(48)49/h5-9,20-22H,3-4,10-18H2,1-2H3,(H2,33,50)(H,34,43)(H,35,42)(H,36,51)(H,37,52)(H,38,41)(H,39,44)(H,46,47)(H,48,49)/t20-,21-,22?/m0/s1. The van der Waals surface area contributed by atoms with Crippen LogP contribution in [-0.2, 0) is 54.4 Å². The highest BCUT2D eigenvalue weighted by Gasteiger charge is 2.29. The van der Waals surface area contributed by atoms with Crippen molar-refractivity contribution in [1.82, 2.24) is 36.8 Å². The number of nitrogens with one attached hydrogen (secondary N) is 6. The fraction of sp³-hybridized carbons (Fsp3) is 0.500. The summed E-state index contributed by atoms with van der Waals surface area (Å²) >= 11 is 0.